The van der Waals surface area contributed by atoms with E-state index >= 15 is 0 Å². The van der Waals surface area contributed by atoms with E-state index in [9.17, 15) is 43.2 Å². The number of likely N-dealkylation sites (tertiary alicyclic amines) is 1. The van der Waals surface area contributed by atoms with Crippen LogP contribution in [0.3, 0.4) is 0 Å². The van der Waals surface area contributed by atoms with Crippen molar-refractivity contribution in [2.75, 3.05) is 78.7 Å². The fraction of sp³-hybridized carbons (Fsp3) is 0.812. The first-order valence-electron chi connectivity index (χ1n) is 25.3. The van der Waals surface area contributed by atoms with Crippen molar-refractivity contribution in [2.24, 2.45) is 0 Å². The van der Waals surface area contributed by atoms with Crippen LogP contribution in [0.5, 0.6) is 0 Å². The van der Waals surface area contributed by atoms with Crippen molar-refractivity contribution in [3.63, 3.8) is 0 Å². The molecular formula is C48H86N8O11. The maximum atomic E-state index is 13.1. The van der Waals surface area contributed by atoms with Gasteiger partial charge in [0.25, 0.3) is 0 Å². The van der Waals surface area contributed by atoms with E-state index in [1.54, 1.807) is 0 Å². The summed E-state index contributed by atoms with van der Waals surface area (Å²) in [4.78, 5) is 115. The lowest BCUT2D eigenvalue weighted by atomic mass is 10.1. The van der Waals surface area contributed by atoms with Gasteiger partial charge in [-0.2, -0.15) is 0 Å². The molecule has 1 fully saturated rings. The largest absolute Gasteiger partial charge is 0.464 e. The predicted molar refractivity (Wildman–Crippen MR) is 255 cm³/mol. The molecule has 6 N–H and O–H groups in total. The lowest BCUT2D eigenvalue weighted by Crippen LogP contribution is -2.51. The minimum Gasteiger partial charge on any atom is -0.464 e. The van der Waals surface area contributed by atoms with Gasteiger partial charge in [-0.05, 0) is 32.1 Å². The average molecular weight is 951 g/mol. The smallest absolute Gasteiger partial charge is 0.325 e. The molecule has 1 aliphatic rings. The first-order chi connectivity index (χ1) is 32.4. The van der Waals surface area contributed by atoms with E-state index in [4.69, 9.17) is 9.47 Å². The molecule has 0 saturated carbocycles. The summed E-state index contributed by atoms with van der Waals surface area (Å²) < 4.78 is 10.5. The van der Waals surface area contributed by atoms with Crippen LogP contribution in [-0.2, 0) is 52.6 Å². The van der Waals surface area contributed by atoms with Gasteiger partial charge in [0, 0.05) is 19.6 Å². The summed E-state index contributed by atoms with van der Waals surface area (Å²) in [5.41, 5.74) is 0. The van der Waals surface area contributed by atoms with E-state index < -0.39 is 92.7 Å². The Hall–Kier alpha value is -4.81. The van der Waals surface area contributed by atoms with Crippen LogP contribution in [0.15, 0.2) is 0 Å². The Labute approximate surface area is 399 Å². The highest BCUT2D eigenvalue weighted by atomic mass is 16.5. The second-order valence-electron chi connectivity index (χ2n) is 17.3. The number of hydrogen-bond acceptors (Lipinski definition) is 11. The molecule has 1 heterocycles. The van der Waals surface area contributed by atoms with Crippen molar-refractivity contribution in [3.05, 3.63) is 0 Å². The summed E-state index contributed by atoms with van der Waals surface area (Å²) in [5, 5.41) is 14.3. The normalized spacial score (nSPS) is 13.1. The summed E-state index contributed by atoms with van der Waals surface area (Å²) in [7, 11) is 0. The molecule has 19 nitrogen and oxygen atoms in total. The van der Waals surface area contributed by atoms with E-state index in [0.717, 1.165) is 70.6 Å². The number of ether oxygens (including phenoxy) is 2. The predicted octanol–water partition coefficient (Wildman–Crippen LogP) is 3.31. The third-order valence-corrected chi connectivity index (χ3v) is 11.4. The van der Waals surface area contributed by atoms with Crippen LogP contribution in [0.1, 0.15) is 168 Å². The zero-order valence-electron chi connectivity index (χ0n) is 41.2. The molecule has 0 radical (unpaired) electrons. The number of unbranched alkanes of at least 4 members (excludes halogenated alkanes) is 18. The van der Waals surface area contributed by atoms with Crippen LogP contribution in [0.25, 0.3) is 0 Å². The fourth-order valence-corrected chi connectivity index (χ4v) is 7.41. The van der Waals surface area contributed by atoms with Gasteiger partial charge < -0.3 is 51.2 Å². The number of carbonyl (C=O) groups excluding carboxylic acids is 9. The maximum Gasteiger partial charge on any atom is 0.325 e. The number of nitrogens with one attached hydrogen (secondary N) is 6. The summed E-state index contributed by atoms with van der Waals surface area (Å²) in [6.07, 6.45) is 24.6. The summed E-state index contributed by atoms with van der Waals surface area (Å²) in [6, 6.07) is -0.873. The van der Waals surface area contributed by atoms with Crippen LogP contribution >= 0.6 is 0 Å². The highest BCUT2D eigenvalue weighted by molar-refractivity contribution is 5.94. The van der Waals surface area contributed by atoms with Gasteiger partial charge >= 0.3 is 5.97 Å². The lowest BCUT2D eigenvalue weighted by molar-refractivity contribution is -0.144. The second-order valence-corrected chi connectivity index (χ2v) is 17.3. The molecule has 0 aromatic rings. The molecule has 0 aromatic carbocycles. The van der Waals surface area contributed by atoms with E-state index in [-0.39, 0.29) is 32.2 Å². The Morgan fingerprint density at radius 3 is 1.40 bits per heavy atom. The molecule has 0 bridgehead atoms. The van der Waals surface area contributed by atoms with E-state index in [1.807, 2.05) is 4.90 Å². The van der Waals surface area contributed by atoms with Crippen LogP contribution in [0.2, 0.25) is 0 Å². The molecule has 384 valence electrons. The summed E-state index contributed by atoms with van der Waals surface area (Å²) in [6.45, 7) is 5.18. The maximum absolute atomic E-state index is 13.1. The molecule has 0 spiro atoms. The van der Waals surface area contributed by atoms with Crippen molar-refractivity contribution in [1.29, 1.82) is 0 Å². The number of nitrogens with zero attached hydrogens (tertiary/aromatic N) is 2. The van der Waals surface area contributed by atoms with Crippen LogP contribution in [0, 0.1) is 0 Å². The van der Waals surface area contributed by atoms with Gasteiger partial charge in [-0.3, -0.25) is 43.2 Å². The Morgan fingerprint density at radius 1 is 0.478 bits per heavy atom. The van der Waals surface area contributed by atoms with Crippen LogP contribution in [0.4, 0.5) is 0 Å². The number of amides is 8. The number of hydrogen-bond donors (Lipinski definition) is 6. The highest BCUT2D eigenvalue weighted by Gasteiger charge is 2.34. The molecule has 19 heteroatoms. The molecule has 8 amide bonds. The van der Waals surface area contributed by atoms with Crippen molar-refractivity contribution >= 4 is 53.2 Å². The molecule has 67 heavy (non-hydrogen) atoms. The first-order valence-corrected chi connectivity index (χ1v) is 25.3. The van der Waals surface area contributed by atoms with Crippen molar-refractivity contribution < 1.29 is 52.6 Å². The molecule has 0 unspecified atom stereocenters. The van der Waals surface area contributed by atoms with Gasteiger partial charge in [0.15, 0.2) is 0 Å². The van der Waals surface area contributed by atoms with Gasteiger partial charge in [0.2, 0.25) is 47.3 Å². The molecule has 1 atom stereocenters. The SMILES string of the molecule is CCCCCCCCCCN(CCCCCCCCCC)C(=O)COCC(=O)NCC(=O)NCC(=O)NCC(=O)N1CCC[C@H]1C(=O)NCC(=O)NCC(=O)NCC(=O)OCCCCCCC. The highest BCUT2D eigenvalue weighted by Crippen LogP contribution is 2.17. The zero-order valence-corrected chi connectivity index (χ0v) is 41.2. The van der Waals surface area contributed by atoms with Crippen LogP contribution in [-0.4, -0.2) is 148 Å². The quantitative estimate of drug-likeness (QED) is 0.0383. The monoisotopic (exact) mass is 951 g/mol. The third kappa shape index (κ3) is 32.5. The minimum atomic E-state index is -0.873. The van der Waals surface area contributed by atoms with Crippen LogP contribution < -0.4 is 31.9 Å². The fourth-order valence-electron chi connectivity index (χ4n) is 7.41. The number of rotatable bonds is 41. The Bertz CT molecular complexity index is 1450. The molecule has 1 rings (SSSR count). The van der Waals surface area contributed by atoms with Crippen molar-refractivity contribution in [1.82, 2.24) is 41.7 Å². The Morgan fingerprint density at radius 2 is 0.896 bits per heavy atom. The topological polar surface area (TPSA) is 251 Å². The van der Waals surface area contributed by atoms with Gasteiger partial charge in [-0.25, -0.2) is 0 Å². The average Bonchev–Trinajstić information content (AvgIpc) is 3.82. The third-order valence-electron chi connectivity index (χ3n) is 11.4. The summed E-state index contributed by atoms with van der Waals surface area (Å²) >= 11 is 0. The standard InChI is InChI=1S/C48H86N8O11/c1-4-7-10-13-15-17-19-22-27-55(28-23-20-18-16-14-11-8-5-2)46(63)38-66-37-44(61)51-33-40(57)49-31-41(58)52-35-45(62)56-29-25-26-39(56)48(65)54-34-43(60)50-32-42(59)53-36-47(64)67-30-24-21-12-9-6-3/h39H,4-38H2,1-3H3,(H,49,57)(H,50,60)(H,51,61)(H,52,58)(H,53,59)(H,54,65)/t39-/m0/s1. The lowest BCUT2D eigenvalue weighted by Gasteiger charge is -2.24. The first kappa shape index (κ1) is 60.2. The van der Waals surface area contributed by atoms with Crippen molar-refractivity contribution in [2.45, 2.75) is 174 Å². The Balaban J connectivity index is 2.32. The molecule has 0 aliphatic carbocycles. The van der Waals surface area contributed by atoms with Gasteiger partial charge in [-0.1, -0.05) is 136 Å². The second kappa shape index (κ2) is 40.3. The zero-order chi connectivity index (χ0) is 49.3. The van der Waals surface area contributed by atoms with E-state index in [2.05, 4.69) is 52.7 Å². The summed E-state index contributed by atoms with van der Waals surface area (Å²) in [5.74, 6) is -5.04. The van der Waals surface area contributed by atoms with E-state index in [1.165, 1.54) is 69.1 Å². The van der Waals surface area contributed by atoms with Crippen molar-refractivity contribution in [3.8, 4) is 0 Å². The number of carbonyl (C=O) groups is 9. The van der Waals surface area contributed by atoms with Gasteiger partial charge in [0.05, 0.1) is 39.3 Å². The Kier molecular flexibility index (Phi) is 36.2. The minimum absolute atomic E-state index is 0.162. The molecule has 1 aliphatic heterocycles. The number of esters is 1. The molecular weight excluding hydrogens is 865 g/mol. The van der Waals surface area contributed by atoms with Gasteiger partial charge in [0.1, 0.15) is 25.8 Å². The molecule has 1 saturated heterocycles. The molecule has 0 aromatic heterocycles. The van der Waals surface area contributed by atoms with E-state index in [0.29, 0.717) is 25.9 Å². The van der Waals surface area contributed by atoms with Gasteiger partial charge in [-0.15, -0.1) is 0 Å².